The molecule has 0 saturated carbocycles. The lowest BCUT2D eigenvalue weighted by Gasteiger charge is -2.18. The van der Waals surface area contributed by atoms with Gasteiger partial charge in [0, 0.05) is 13.6 Å². The standard InChI is InChI=1S/C11H14ClF3N2O2S/c1-17(6-2-5-16)20(18,19)8-3-4-10(12)9(7-8)11(13,14)15/h3-4,7H,2,5-6,16H2,1H3. The van der Waals surface area contributed by atoms with Crippen LogP contribution in [0.25, 0.3) is 0 Å². The Morgan fingerprint density at radius 2 is 1.95 bits per heavy atom. The van der Waals surface area contributed by atoms with Crippen molar-refractivity contribution in [2.24, 2.45) is 5.73 Å². The highest BCUT2D eigenvalue weighted by molar-refractivity contribution is 7.89. The molecule has 0 aliphatic carbocycles. The van der Waals surface area contributed by atoms with Crippen molar-refractivity contribution >= 4 is 21.6 Å². The van der Waals surface area contributed by atoms with E-state index in [2.05, 4.69) is 0 Å². The highest BCUT2D eigenvalue weighted by Gasteiger charge is 2.35. The van der Waals surface area contributed by atoms with Crippen molar-refractivity contribution in [2.45, 2.75) is 17.5 Å². The van der Waals surface area contributed by atoms with E-state index in [9.17, 15) is 21.6 Å². The van der Waals surface area contributed by atoms with Crippen LogP contribution in [0.5, 0.6) is 0 Å². The summed E-state index contributed by atoms with van der Waals surface area (Å²) in [6.45, 7) is 0.414. The monoisotopic (exact) mass is 330 g/mol. The van der Waals surface area contributed by atoms with E-state index in [1.54, 1.807) is 0 Å². The minimum atomic E-state index is -4.71. The third-order valence-electron chi connectivity index (χ3n) is 2.63. The van der Waals surface area contributed by atoms with Crippen molar-refractivity contribution in [1.29, 1.82) is 0 Å². The van der Waals surface area contributed by atoms with Gasteiger partial charge >= 0.3 is 6.18 Å². The maximum atomic E-state index is 12.7. The van der Waals surface area contributed by atoms with Crippen LogP contribution < -0.4 is 5.73 Å². The van der Waals surface area contributed by atoms with E-state index >= 15 is 0 Å². The third kappa shape index (κ3) is 3.85. The first-order valence-corrected chi connectivity index (χ1v) is 7.45. The predicted octanol–water partition coefficient (Wildman–Crippen LogP) is 2.33. The Morgan fingerprint density at radius 3 is 2.45 bits per heavy atom. The minimum Gasteiger partial charge on any atom is -0.330 e. The van der Waals surface area contributed by atoms with Gasteiger partial charge in [0.15, 0.2) is 0 Å². The predicted molar refractivity (Wildman–Crippen MR) is 69.9 cm³/mol. The zero-order chi connectivity index (χ0) is 15.6. The quantitative estimate of drug-likeness (QED) is 0.901. The Bertz CT molecular complexity index is 576. The molecule has 0 aromatic heterocycles. The van der Waals surface area contributed by atoms with Crippen LogP contribution in [0.15, 0.2) is 23.1 Å². The summed E-state index contributed by atoms with van der Waals surface area (Å²) in [7, 11) is -2.71. The van der Waals surface area contributed by atoms with Crippen LogP contribution in [0.1, 0.15) is 12.0 Å². The zero-order valence-corrected chi connectivity index (χ0v) is 12.2. The maximum Gasteiger partial charge on any atom is 0.417 e. The Hall–Kier alpha value is -0.830. The fourth-order valence-corrected chi connectivity index (χ4v) is 2.96. The summed E-state index contributed by atoms with van der Waals surface area (Å²) in [6, 6.07) is 2.51. The Labute approximate surface area is 120 Å². The van der Waals surface area contributed by atoms with Crippen molar-refractivity contribution in [3.05, 3.63) is 28.8 Å². The van der Waals surface area contributed by atoms with Crippen molar-refractivity contribution in [1.82, 2.24) is 4.31 Å². The lowest BCUT2D eigenvalue weighted by atomic mass is 10.2. The second-order valence-electron chi connectivity index (χ2n) is 4.11. The molecule has 0 amide bonds. The molecular formula is C11H14ClF3N2O2S. The molecule has 4 nitrogen and oxygen atoms in total. The molecule has 0 radical (unpaired) electrons. The molecule has 2 N–H and O–H groups in total. The molecular weight excluding hydrogens is 317 g/mol. The average Bonchev–Trinajstić information content (AvgIpc) is 2.34. The summed E-state index contributed by atoms with van der Waals surface area (Å²) in [5.74, 6) is 0. The van der Waals surface area contributed by atoms with Crippen molar-refractivity contribution in [3.8, 4) is 0 Å². The van der Waals surface area contributed by atoms with Crippen LogP contribution in [-0.4, -0.2) is 32.9 Å². The average molecular weight is 331 g/mol. The maximum absolute atomic E-state index is 12.7. The summed E-state index contributed by atoms with van der Waals surface area (Å²) in [5, 5.41) is -0.541. The number of hydrogen-bond acceptors (Lipinski definition) is 3. The second-order valence-corrected chi connectivity index (χ2v) is 6.56. The lowest BCUT2D eigenvalue weighted by molar-refractivity contribution is -0.137. The number of halogens is 4. The number of rotatable bonds is 5. The van der Waals surface area contributed by atoms with Gasteiger partial charge in [-0.15, -0.1) is 0 Å². The highest BCUT2D eigenvalue weighted by Crippen LogP contribution is 2.36. The van der Waals surface area contributed by atoms with Gasteiger partial charge in [-0.25, -0.2) is 12.7 Å². The molecule has 0 aliphatic heterocycles. The van der Waals surface area contributed by atoms with E-state index in [0.29, 0.717) is 12.5 Å². The summed E-state index contributed by atoms with van der Waals surface area (Å²) in [5.41, 5.74) is 4.10. The zero-order valence-electron chi connectivity index (χ0n) is 10.6. The number of nitrogens with zero attached hydrogens (tertiary/aromatic N) is 1. The fourth-order valence-electron chi connectivity index (χ4n) is 1.50. The lowest BCUT2D eigenvalue weighted by Crippen LogP contribution is -2.29. The summed E-state index contributed by atoms with van der Waals surface area (Å²) in [4.78, 5) is -0.450. The number of hydrogen-bond donors (Lipinski definition) is 1. The summed E-state index contributed by atoms with van der Waals surface area (Å²) < 4.78 is 63.3. The fraction of sp³-hybridized carbons (Fsp3) is 0.455. The summed E-state index contributed by atoms with van der Waals surface area (Å²) in [6.07, 6.45) is -4.30. The van der Waals surface area contributed by atoms with Crippen LogP contribution >= 0.6 is 11.6 Å². The van der Waals surface area contributed by atoms with Gasteiger partial charge in [0.1, 0.15) is 0 Å². The number of nitrogens with two attached hydrogens (primary N) is 1. The van der Waals surface area contributed by atoms with E-state index in [1.807, 2.05) is 0 Å². The van der Waals surface area contributed by atoms with Crippen LogP contribution in [0, 0.1) is 0 Å². The molecule has 9 heteroatoms. The molecule has 20 heavy (non-hydrogen) atoms. The smallest absolute Gasteiger partial charge is 0.330 e. The highest BCUT2D eigenvalue weighted by atomic mass is 35.5. The minimum absolute atomic E-state index is 0.128. The third-order valence-corrected chi connectivity index (χ3v) is 4.81. The van der Waals surface area contributed by atoms with Gasteiger partial charge in [-0.1, -0.05) is 11.6 Å². The first-order valence-electron chi connectivity index (χ1n) is 5.64. The molecule has 1 aromatic carbocycles. The van der Waals surface area contributed by atoms with Gasteiger partial charge < -0.3 is 5.73 Å². The molecule has 0 atom stereocenters. The van der Waals surface area contributed by atoms with E-state index in [4.69, 9.17) is 17.3 Å². The summed E-state index contributed by atoms with van der Waals surface area (Å²) >= 11 is 5.45. The van der Waals surface area contributed by atoms with Crippen molar-refractivity contribution < 1.29 is 21.6 Å². The van der Waals surface area contributed by atoms with Crippen LogP contribution in [0.4, 0.5) is 13.2 Å². The van der Waals surface area contributed by atoms with Gasteiger partial charge in [0.2, 0.25) is 10.0 Å². The first-order chi connectivity index (χ1) is 9.10. The van der Waals surface area contributed by atoms with E-state index in [0.717, 1.165) is 16.4 Å². The molecule has 0 bridgehead atoms. The molecule has 114 valence electrons. The van der Waals surface area contributed by atoms with Crippen molar-refractivity contribution in [3.63, 3.8) is 0 Å². The molecule has 0 fully saturated rings. The van der Waals surface area contributed by atoms with Gasteiger partial charge in [0.05, 0.1) is 15.5 Å². The Kier molecular flexibility index (Phi) is 5.42. The van der Waals surface area contributed by atoms with Crippen LogP contribution in [0.2, 0.25) is 5.02 Å². The number of alkyl halides is 3. The van der Waals surface area contributed by atoms with Gasteiger partial charge in [0.25, 0.3) is 0 Å². The molecule has 1 rings (SSSR count). The molecule has 0 spiro atoms. The molecule has 0 unspecified atom stereocenters. The van der Waals surface area contributed by atoms with Crippen molar-refractivity contribution in [2.75, 3.05) is 20.1 Å². The number of sulfonamides is 1. The van der Waals surface area contributed by atoms with E-state index in [1.165, 1.54) is 7.05 Å². The van der Waals surface area contributed by atoms with Gasteiger partial charge in [-0.05, 0) is 31.2 Å². The van der Waals surface area contributed by atoms with E-state index < -0.39 is 31.7 Å². The molecule has 1 aromatic rings. The topological polar surface area (TPSA) is 63.4 Å². The van der Waals surface area contributed by atoms with Crippen LogP contribution in [-0.2, 0) is 16.2 Å². The second kappa shape index (κ2) is 6.30. The first kappa shape index (κ1) is 17.2. The van der Waals surface area contributed by atoms with Crippen LogP contribution in [0.3, 0.4) is 0 Å². The van der Waals surface area contributed by atoms with Gasteiger partial charge in [-0.3, -0.25) is 0 Å². The van der Waals surface area contributed by atoms with Gasteiger partial charge in [-0.2, -0.15) is 13.2 Å². The number of benzene rings is 1. The molecule has 0 saturated heterocycles. The molecule has 0 aliphatic rings. The Morgan fingerprint density at radius 1 is 1.35 bits per heavy atom. The SMILES string of the molecule is CN(CCCN)S(=O)(=O)c1ccc(Cl)c(C(F)(F)F)c1. The largest absolute Gasteiger partial charge is 0.417 e. The normalized spacial score (nSPS) is 12.9. The molecule has 0 heterocycles. The Balaban J connectivity index is 3.20. The van der Waals surface area contributed by atoms with E-state index in [-0.39, 0.29) is 13.1 Å².